The minimum atomic E-state index is 0.371. The highest BCUT2D eigenvalue weighted by molar-refractivity contribution is 6.30. The average molecular weight is 142 g/mol. The highest BCUT2D eigenvalue weighted by atomic mass is 14.9. The van der Waals surface area contributed by atoms with Gasteiger partial charge in [-0.2, -0.15) is 0 Å². The van der Waals surface area contributed by atoms with E-state index in [9.17, 15) is 0 Å². The van der Waals surface area contributed by atoms with Crippen LogP contribution in [0.25, 0.3) is 11.2 Å². The molecule has 0 aliphatic rings. The van der Waals surface area contributed by atoms with Crippen molar-refractivity contribution in [1.29, 1.82) is 0 Å². The number of hydrogen-bond donors (Lipinski definition) is 0. The minimum Gasteiger partial charge on any atom is -0.250 e. The van der Waals surface area contributed by atoms with Crippen LogP contribution in [0.1, 0.15) is 0 Å². The summed E-state index contributed by atoms with van der Waals surface area (Å²) in [5.74, 6) is 0. The Morgan fingerprint density at radius 2 is 2.09 bits per heavy atom. The highest BCUT2D eigenvalue weighted by Gasteiger charge is 1.94. The molecular weight excluding hydrogens is 139 g/mol. The molecule has 2 heterocycles. The maximum atomic E-state index is 5.39. The molecule has 0 saturated carbocycles. The lowest BCUT2D eigenvalue weighted by atomic mass is 10.1. The van der Waals surface area contributed by atoms with E-state index in [0.29, 0.717) is 16.8 Å². The zero-order valence-corrected chi connectivity index (χ0v) is 5.60. The molecule has 2 aromatic rings. The summed E-state index contributed by atoms with van der Waals surface area (Å²) in [6.07, 6.45) is 4.48. The van der Waals surface area contributed by atoms with Crippen LogP contribution in [-0.2, 0) is 0 Å². The van der Waals surface area contributed by atoms with Gasteiger partial charge in [-0.05, 0) is 0 Å². The van der Waals surface area contributed by atoms with Crippen molar-refractivity contribution < 1.29 is 0 Å². The van der Waals surface area contributed by atoms with Crippen molar-refractivity contribution in [3.05, 3.63) is 18.7 Å². The third-order valence-electron chi connectivity index (χ3n) is 1.24. The molecule has 2 radical (unpaired) electrons. The molecule has 0 atom stereocenters. The summed E-state index contributed by atoms with van der Waals surface area (Å²) in [6.45, 7) is 0. The van der Waals surface area contributed by atoms with Gasteiger partial charge in [0.1, 0.15) is 19.7 Å². The van der Waals surface area contributed by atoms with Crippen molar-refractivity contribution in [2.24, 2.45) is 0 Å². The van der Waals surface area contributed by atoms with Crippen molar-refractivity contribution >= 4 is 24.6 Å². The van der Waals surface area contributed by atoms with Crippen LogP contribution in [0.3, 0.4) is 0 Å². The zero-order valence-electron chi connectivity index (χ0n) is 5.60. The van der Waals surface area contributed by atoms with Gasteiger partial charge >= 0.3 is 0 Å². The lowest BCUT2D eigenvalue weighted by Gasteiger charge is -1.93. The van der Waals surface area contributed by atoms with Gasteiger partial charge in [-0.1, -0.05) is 0 Å². The van der Waals surface area contributed by atoms with E-state index in [4.69, 9.17) is 7.85 Å². The van der Waals surface area contributed by atoms with Crippen LogP contribution in [0.5, 0.6) is 0 Å². The van der Waals surface area contributed by atoms with Crippen LogP contribution in [-0.4, -0.2) is 27.8 Å². The van der Waals surface area contributed by atoms with E-state index >= 15 is 0 Å². The van der Waals surface area contributed by atoms with Gasteiger partial charge in [0, 0.05) is 11.8 Å². The summed E-state index contributed by atoms with van der Waals surface area (Å²) >= 11 is 0. The Hall–Kier alpha value is -1.52. The molecule has 0 N–H and O–H groups in total. The molecule has 0 bridgehead atoms. The fraction of sp³-hybridized carbons (Fsp3) is 0. The molecule has 0 spiro atoms. The third-order valence-corrected chi connectivity index (χ3v) is 1.24. The number of fused-ring (bicyclic) bond motifs is 1. The Morgan fingerprint density at radius 1 is 1.18 bits per heavy atom. The van der Waals surface area contributed by atoms with Crippen molar-refractivity contribution in [1.82, 2.24) is 19.9 Å². The Balaban J connectivity index is 2.83. The first-order valence-corrected chi connectivity index (χ1v) is 3.04. The van der Waals surface area contributed by atoms with E-state index in [2.05, 4.69) is 19.9 Å². The molecule has 0 amide bonds. The SMILES string of the molecule is [B]c1cnc2cncnc2n1. The van der Waals surface area contributed by atoms with Crippen molar-refractivity contribution in [2.75, 3.05) is 0 Å². The number of hydrogen-bond acceptors (Lipinski definition) is 4. The second-order valence-corrected chi connectivity index (χ2v) is 2.03. The summed E-state index contributed by atoms with van der Waals surface area (Å²) in [7, 11) is 5.39. The van der Waals surface area contributed by atoms with E-state index in [1.165, 1.54) is 12.5 Å². The Labute approximate surface area is 64.1 Å². The van der Waals surface area contributed by atoms with Gasteiger partial charge in [-0.15, -0.1) is 0 Å². The number of nitrogens with zero attached hydrogens (tertiary/aromatic N) is 4. The molecular formula is C6H3BN4. The fourth-order valence-corrected chi connectivity index (χ4v) is 0.780. The van der Waals surface area contributed by atoms with Gasteiger partial charge in [-0.25, -0.2) is 15.0 Å². The van der Waals surface area contributed by atoms with Gasteiger partial charge in [0.2, 0.25) is 0 Å². The Bertz CT molecular complexity index is 389. The summed E-state index contributed by atoms with van der Waals surface area (Å²) in [5.41, 5.74) is 1.55. The summed E-state index contributed by atoms with van der Waals surface area (Å²) in [4.78, 5) is 15.6. The van der Waals surface area contributed by atoms with Crippen molar-refractivity contribution in [3.63, 3.8) is 0 Å². The van der Waals surface area contributed by atoms with Gasteiger partial charge in [0.15, 0.2) is 5.65 Å². The molecule has 0 aromatic carbocycles. The van der Waals surface area contributed by atoms with Gasteiger partial charge in [0.05, 0.1) is 6.20 Å². The lowest BCUT2D eigenvalue weighted by molar-refractivity contribution is 1.16. The molecule has 0 aliphatic carbocycles. The topological polar surface area (TPSA) is 51.6 Å². The molecule has 0 saturated heterocycles. The molecule has 4 nitrogen and oxygen atoms in total. The lowest BCUT2D eigenvalue weighted by Crippen LogP contribution is -2.09. The largest absolute Gasteiger partial charge is 0.250 e. The second-order valence-electron chi connectivity index (χ2n) is 2.03. The highest BCUT2D eigenvalue weighted by Crippen LogP contribution is 1.97. The van der Waals surface area contributed by atoms with Gasteiger partial charge in [-0.3, -0.25) is 4.98 Å². The number of aromatic nitrogens is 4. The van der Waals surface area contributed by atoms with Gasteiger partial charge in [0.25, 0.3) is 0 Å². The predicted octanol–water partition coefficient (Wildman–Crippen LogP) is -0.786. The van der Waals surface area contributed by atoms with Crippen LogP contribution >= 0.6 is 0 Å². The van der Waals surface area contributed by atoms with Crippen molar-refractivity contribution in [3.8, 4) is 0 Å². The number of rotatable bonds is 0. The second kappa shape index (κ2) is 2.27. The van der Waals surface area contributed by atoms with Crippen LogP contribution in [0.4, 0.5) is 0 Å². The van der Waals surface area contributed by atoms with Crippen LogP contribution in [0.2, 0.25) is 0 Å². The first-order chi connectivity index (χ1) is 5.36. The minimum absolute atomic E-state index is 0.371. The smallest absolute Gasteiger partial charge is 0.180 e. The average Bonchev–Trinajstić information content (AvgIpc) is 2.04. The standard InChI is InChI=1S/C6H3BN4/c7-5-2-9-4-1-8-3-10-6(4)11-5/h1-3H. The molecule has 0 fully saturated rings. The summed E-state index contributed by atoms with van der Waals surface area (Å²) in [5, 5.41) is 0. The molecule has 11 heavy (non-hydrogen) atoms. The first-order valence-electron chi connectivity index (χ1n) is 3.04. The van der Waals surface area contributed by atoms with E-state index in [0.717, 1.165) is 0 Å². The van der Waals surface area contributed by atoms with Gasteiger partial charge < -0.3 is 0 Å². The maximum Gasteiger partial charge on any atom is 0.180 e. The molecule has 2 aromatic heterocycles. The summed E-state index contributed by atoms with van der Waals surface area (Å²) in [6, 6.07) is 0. The molecule has 2 rings (SSSR count). The molecule has 0 aliphatic heterocycles. The first kappa shape index (κ1) is 6.21. The fourth-order valence-electron chi connectivity index (χ4n) is 0.780. The monoisotopic (exact) mass is 142 g/mol. The zero-order chi connectivity index (χ0) is 7.68. The van der Waals surface area contributed by atoms with Crippen LogP contribution in [0.15, 0.2) is 18.7 Å². The van der Waals surface area contributed by atoms with E-state index in [-0.39, 0.29) is 0 Å². The molecule has 50 valence electrons. The summed E-state index contributed by atoms with van der Waals surface area (Å²) < 4.78 is 0. The maximum absolute atomic E-state index is 5.39. The van der Waals surface area contributed by atoms with E-state index in [1.54, 1.807) is 6.20 Å². The molecule has 5 heteroatoms. The normalized spacial score (nSPS) is 10.2. The van der Waals surface area contributed by atoms with Crippen LogP contribution < -0.4 is 5.59 Å². The predicted molar refractivity (Wildman–Crippen MR) is 40.5 cm³/mol. The van der Waals surface area contributed by atoms with E-state index < -0.39 is 0 Å². The third kappa shape index (κ3) is 1.04. The van der Waals surface area contributed by atoms with Crippen LogP contribution in [0, 0.1) is 0 Å². The Morgan fingerprint density at radius 3 is 3.00 bits per heavy atom. The molecule has 0 unspecified atom stereocenters. The van der Waals surface area contributed by atoms with Crippen molar-refractivity contribution in [2.45, 2.75) is 0 Å². The van der Waals surface area contributed by atoms with E-state index in [1.807, 2.05) is 0 Å². The Kier molecular flexibility index (Phi) is 1.28. The quantitative estimate of drug-likeness (QED) is 0.452.